The number of H-pyrrole nitrogens is 1. The quantitative estimate of drug-likeness (QED) is 0.399. The maximum atomic E-state index is 13.7. The zero-order chi connectivity index (χ0) is 20.7. The number of nitrogens with zero attached hydrogens (tertiary/aromatic N) is 4. The van der Waals surface area contributed by atoms with Crippen molar-refractivity contribution in [3.05, 3.63) is 100.0 Å². The van der Waals surface area contributed by atoms with Crippen molar-refractivity contribution in [1.82, 2.24) is 15.6 Å². The van der Waals surface area contributed by atoms with Crippen LogP contribution in [0.15, 0.2) is 78.0 Å². The van der Waals surface area contributed by atoms with Crippen LogP contribution in [0.4, 0.5) is 15.8 Å². The summed E-state index contributed by atoms with van der Waals surface area (Å²) in [5.41, 5.74) is 5.26. The molecule has 30 heavy (non-hydrogen) atoms. The lowest BCUT2D eigenvalue weighted by molar-refractivity contribution is -0.384. The molecule has 1 atom stereocenters. The minimum atomic E-state index is -1.01. The van der Waals surface area contributed by atoms with Gasteiger partial charge >= 0.3 is 0 Å². The third-order valence-electron chi connectivity index (χ3n) is 5.22. The maximum Gasteiger partial charge on any atom is 0.269 e. The van der Waals surface area contributed by atoms with Gasteiger partial charge in [-0.1, -0.05) is 12.1 Å². The first-order valence-corrected chi connectivity index (χ1v) is 9.12. The van der Waals surface area contributed by atoms with Crippen molar-refractivity contribution in [3.63, 3.8) is 0 Å². The molecular formula is C21H15FN6O2. The molecule has 8 nitrogen and oxygen atoms in total. The molecule has 5 rings (SSSR count). The Balaban J connectivity index is 1.70. The fourth-order valence-corrected chi connectivity index (χ4v) is 3.75. The number of rotatable bonds is 4. The summed E-state index contributed by atoms with van der Waals surface area (Å²) in [5, 5.41) is 23.3. The molecule has 4 aromatic rings. The van der Waals surface area contributed by atoms with Crippen LogP contribution in [-0.2, 0) is 5.66 Å². The predicted molar refractivity (Wildman–Crippen MR) is 110 cm³/mol. The number of nitro groups is 1. The maximum absolute atomic E-state index is 13.7. The van der Waals surface area contributed by atoms with Gasteiger partial charge in [0.15, 0.2) is 5.66 Å². The number of aromatic amines is 1. The van der Waals surface area contributed by atoms with Crippen LogP contribution in [-0.4, -0.2) is 21.5 Å². The van der Waals surface area contributed by atoms with Gasteiger partial charge in [0.25, 0.3) is 5.69 Å². The first kappa shape index (κ1) is 17.8. The van der Waals surface area contributed by atoms with E-state index in [-0.39, 0.29) is 11.5 Å². The molecule has 3 aromatic carbocycles. The van der Waals surface area contributed by atoms with E-state index in [9.17, 15) is 14.5 Å². The van der Waals surface area contributed by atoms with Gasteiger partial charge in [-0.25, -0.2) is 4.39 Å². The third kappa shape index (κ3) is 2.67. The Morgan fingerprint density at radius 1 is 1.00 bits per heavy atom. The summed E-state index contributed by atoms with van der Waals surface area (Å²) in [5.74, 6) is -0.358. The molecule has 0 fully saturated rings. The first-order valence-electron chi connectivity index (χ1n) is 9.12. The van der Waals surface area contributed by atoms with E-state index >= 15 is 0 Å². The van der Waals surface area contributed by atoms with E-state index in [0.29, 0.717) is 5.56 Å². The average molecular weight is 402 g/mol. The molecule has 0 bridgehead atoms. The zero-order valence-electron chi connectivity index (χ0n) is 15.5. The summed E-state index contributed by atoms with van der Waals surface area (Å²) >= 11 is 0. The molecule has 0 amide bonds. The van der Waals surface area contributed by atoms with Crippen LogP contribution in [0.25, 0.3) is 10.9 Å². The molecule has 2 heterocycles. The zero-order valence-corrected chi connectivity index (χ0v) is 15.5. The van der Waals surface area contributed by atoms with Gasteiger partial charge in [0.05, 0.1) is 16.6 Å². The number of hydrazone groups is 1. The van der Waals surface area contributed by atoms with Crippen LogP contribution >= 0.6 is 0 Å². The molecule has 9 heteroatoms. The molecule has 0 saturated heterocycles. The average Bonchev–Trinajstić information content (AvgIpc) is 3.41. The molecule has 1 unspecified atom stereocenters. The fraction of sp³-hybridized carbons (Fsp3) is 0.0476. The van der Waals surface area contributed by atoms with Crippen molar-refractivity contribution >= 4 is 28.6 Å². The van der Waals surface area contributed by atoms with E-state index in [1.165, 1.54) is 24.3 Å². The topological polar surface area (TPSA) is 99.5 Å². The number of benzene rings is 3. The van der Waals surface area contributed by atoms with E-state index in [1.807, 2.05) is 23.1 Å². The molecule has 148 valence electrons. The van der Waals surface area contributed by atoms with Crippen molar-refractivity contribution in [1.29, 1.82) is 0 Å². The van der Waals surface area contributed by atoms with Gasteiger partial charge in [-0.3, -0.25) is 25.5 Å². The van der Waals surface area contributed by atoms with Crippen molar-refractivity contribution in [2.45, 2.75) is 5.66 Å². The normalized spacial score (nSPS) is 18.0. The second kappa shape index (κ2) is 6.66. The molecule has 0 radical (unpaired) electrons. The Morgan fingerprint density at radius 3 is 2.40 bits per heavy atom. The number of nitro benzene ring substituents is 1. The number of anilines is 1. The van der Waals surface area contributed by atoms with Crippen molar-refractivity contribution < 1.29 is 9.31 Å². The second-order valence-electron chi connectivity index (χ2n) is 6.89. The standard InChI is InChI=1S/C21H15FN6O2/c22-17-5-1-15(2-6-17)21(16-3-7-18(8-4-16)28(29)30)26-24-13-27(21)19-9-10-20-14(11-19)12-23-25-20/h1-13,26H,(H,23,25). The van der Waals surface area contributed by atoms with E-state index < -0.39 is 10.6 Å². The summed E-state index contributed by atoms with van der Waals surface area (Å²) in [6.45, 7) is 0. The van der Waals surface area contributed by atoms with E-state index in [4.69, 9.17) is 0 Å². The van der Waals surface area contributed by atoms with Gasteiger partial charge in [-0.15, -0.1) is 0 Å². The summed E-state index contributed by atoms with van der Waals surface area (Å²) in [7, 11) is 0. The fourth-order valence-electron chi connectivity index (χ4n) is 3.75. The van der Waals surface area contributed by atoms with Crippen LogP contribution in [0.3, 0.4) is 0 Å². The van der Waals surface area contributed by atoms with Crippen molar-refractivity contribution in [3.8, 4) is 0 Å². The SMILES string of the molecule is O=[N+]([O-])c1ccc(C2(c3ccc(F)cc3)NN=CN2c2ccc3[nH]ncc3c2)cc1. The Bertz CT molecular complexity index is 1270. The highest BCUT2D eigenvalue weighted by Gasteiger charge is 2.43. The molecule has 0 saturated carbocycles. The van der Waals surface area contributed by atoms with Gasteiger partial charge in [0.2, 0.25) is 0 Å². The molecule has 0 aliphatic carbocycles. The lowest BCUT2D eigenvalue weighted by Crippen LogP contribution is -2.50. The highest BCUT2D eigenvalue weighted by atomic mass is 19.1. The Morgan fingerprint density at radius 2 is 1.70 bits per heavy atom. The number of hydrogen-bond acceptors (Lipinski definition) is 6. The van der Waals surface area contributed by atoms with Gasteiger partial charge in [-0.05, 0) is 42.5 Å². The van der Waals surface area contributed by atoms with E-state index in [1.54, 1.807) is 36.8 Å². The number of hydrogen-bond donors (Lipinski definition) is 2. The highest BCUT2D eigenvalue weighted by molar-refractivity contribution is 5.90. The number of non-ortho nitro benzene ring substituents is 1. The number of aromatic nitrogens is 2. The predicted octanol–water partition coefficient (Wildman–Crippen LogP) is 3.86. The largest absolute Gasteiger partial charge is 0.298 e. The summed E-state index contributed by atoms with van der Waals surface area (Å²) in [4.78, 5) is 12.6. The highest BCUT2D eigenvalue weighted by Crippen LogP contribution is 2.39. The lowest BCUT2D eigenvalue weighted by Gasteiger charge is -2.39. The molecule has 2 N–H and O–H groups in total. The Hall–Kier alpha value is -4.27. The van der Waals surface area contributed by atoms with Crippen LogP contribution in [0.2, 0.25) is 0 Å². The molecule has 1 aromatic heterocycles. The minimum Gasteiger partial charge on any atom is -0.298 e. The van der Waals surface area contributed by atoms with Gasteiger partial charge < -0.3 is 0 Å². The van der Waals surface area contributed by atoms with Crippen molar-refractivity contribution in [2.24, 2.45) is 5.10 Å². The van der Waals surface area contributed by atoms with E-state index in [0.717, 1.165) is 22.2 Å². The number of fused-ring (bicyclic) bond motifs is 1. The summed E-state index contributed by atoms with van der Waals surface area (Å²) in [6.07, 6.45) is 3.37. The Labute approximate surface area is 169 Å². The van der Waals surface area contributed by atoms with Crippen molar-refractivity contribution in [2.75, 3.05) is 4.90 Å². The first-order chi connectivity index (χ1) is 14.6. The number of halogens is 1. The van der Waals surface area contributed by atoms with Crippen LogP contribution in [0.5, 0.6) is 0 Å². The van der Waals surface area contributed by atoms with Crippen LogP contribution in [0.1, 0.15) is 11.1 Å². The monoisotopic (exact) mass is 402 g/mol. The lowest BCUT2D eigenvalue weighted by atomic mass is 9.89. The van der Waals surface area contributed by atoms with Gasteiger partial charge in [-0.2, -0.15) is 10.2 Å². The van der Waals surface area contributed by atoms with Gasteiger partial charge in [0.1, 0.15) is 12.2 Å². The molecule has 0 spiro atoms. The van der Waals surface area contributed by atoms with Crippen LogP contribution < -0.4 is 10.3 Å². The molecule has 1 aliphatic rings. The second-order valence-corrected chi connectivity index (χ2v) is 6.89. The summed E-state index contributed by atoms with van der Waals surface area (Å²) < 4.78 is 13.7. The van der Waals surface area contributed by atoms with E-state index in [2.05, 4.69) is 20.7 Å². The minimum absolute atomic E-state index is 0.0155. The molecular weight excluding hydrogens is 387 g/mol. The smallest absolute Gasteiger partial charge is 0.269 e. The third-order valence-corrected chi connectivity index (χ3v) is 5.22. The molecule has 1 aliphatic heterocycles. The summed E-state index contributed by atoms with van der Waals surface area (Å²) in [6, 6.07) is 18.1. The van der Waals surface area contributed by atoms with Gasteiger partial charge in [0, 0.05) is 34.3 Å². The Kier molecular flexibility index (Phi) is 3.95. The number of nitrogens with one attached hydrogen (secondary N) is 2. The van der Waals surface area contributed by atoms with Crippen LogP contribution in [0, 0.1) is 15.9 Å².